The lowest BCUT2D eigenvalue weighted by molar-refractivity contribution is 0.0475. The van der Waals surface area contributed by atoms with Crippen molar-refractivity contribution in [1.29, 1.82) is 0 Å². The zero-order valence-electron chi connectivity index (χ0n) is 14.1. The highest BCUT2D eigenvalue weighted by atomic mass is 16.6. The summed E-state index contributed by atoms with van der Waals surface area (Å²) in [6, 6.07) is 8.93. The van der Waals surface area contributed by atoms with Crippen LogP contribution >= 0.6 is 0 Å². The lowest BCUT2D eigenvalue weighted by atomic mass is 9.86. The van der Waals surface area contributed by atoms with Gasteiger partial charge in [-0.05, 0) is 51.8 Å². The van der Waals surface area contributed by atoms with E-state index in [1.807, 2.05) is 40.9 Å². The fourth-order valence-electron chi connectivity index (χ4n) is 2.44. The number of benzene rings is 1. The van der Waals surface area contributed by atoms with Crippen molar-refractivity contribution in [1.82, 2.24) is 5.32 Å². The van der Waals surface area contributed by atoms with Gasteiger partial charge in [0.25, 0.3) is 0 Å². The van der Waals surface area contributed by atoms with Gasteiger partial charge < -0.3 is 20.3 Å². The van der Waals surface area contributed by atoms with Crippen LogP contribution in [0.5, 0.6) is 0 Å². The number of ether oxygens (including phenoxy) is 1. The summed E-state index contributed by atoms with van der Waals surface area (Å²) < 4.78 is 5.26. The van der Waals surface area contributed by atoms with E-state index >= 15 is 0 Å². The molecule has 1 fully saturated rings. The Morgan fingerprint density at radius 2 is 1.91 bits per heavy atom. The van der Waals surface area contributed by atoms with Crippen molar-refractivity contribution in [2.45, 2.75) is 51.3 Å². The number of carbonyl (C=O) groups is 1. The number of carbonyl (C=O) groups excluding carboxylic acids is 1. The van der Waals surface area contributed by atoms with Crippen LogP contribution in [0.1, 0.15) is 33.6 Å². The van der Waals surface area contributed by atoms with Crippen molar-refractivity contribution in [3.8, 4) is 0 Å². The van der Waals surface area contributed by atoms with Crippen LogP contribution in [-0.4, -0.2) is 37.9 Å². The molecule has 0 heterocycles. The lowest BCUT2D eigenvalue weighted by Crippen LogP contribution is -2.50. The molecule has 122 valence electrons. The number of hydrogen-bond donors (Lipinski definition) is 2. The van der Waals surface area contributed by atoms with Crippen molar-refractivity contribution in [3.05, 3.63) is 24.3 Å². The van der Waals surface area contributed by atoms with E-state index in [0.29, 0.717) is 6.04 Å². The lowest BCUT2D eigenvalue weighted by Gasteiger charge is -2.37. The highest BCUT2D eigenvalue weighted by Gasteiger charge is 2.31. The summed E-state index contributed by atoms with van der Waals surface area (Å²) in [5.41, 5.74) is 1.85. The zero-order chi connectivity index (χ0) is 16.3. The summed E-state index contributed by atoms with van der Waals surface area (Å²) in [5.74, 6) is 0. The molecule has 0 radical (unpaired) electrons. The molecule has 5 heteroatoms. The van der Waals surface area contributed by atoms with Crippen LogP contribution in [0, 0.1) is 0 Å². The van der Waals surface area contributed by atoms with Gasteiger partial charge in [-0.25, -0.2) is 4.79 Å². The van der Waals surface area contributed by atoms with Gasteiger partial charge in [-0.3, -0.25) is 0 Å². The van der Waals surface area contributed by atoms with Gasteiger partial charge in [0.05, 0.1) is 0 Å². The Kier molecular flexibility index (Phi) is 4.84. The average molecular weight is 305 g/mol. The van der Waals surface area contributed by atoms with Crippen LogP contribution in [0.15, 0.2) is 24.3 Å². The molecule has 0 spiro atoms. The van der Waals surface area contributed by atoms with Gasteiger partial charge in [0, 0.05) is 37.6 Å². The maximum atomic E-state index is 11.7. The number of rotatable bonds is 4. The average Bonchev–Trinajstić information content (AvgIpc) is 2.34. The van der Waals surface area contributed by atoms with E-state index in [1.54, 1.807) is 0 Å². The highest BCUT2D eigenvalue weighted by Crippen LogP contribution is 2.26. The van der Waals surface area contributed by atoms with Crippen LogP contribution in [0.3, 0.4) is 0 Å². The van der Waals surface area contributed by atoms with E-state index in [-0.39, 0.29) is 12.1 Å². The summed E-state index contributed by atoms with van der Waals surface area (Å²) in [7, 11) is 4.06. The first kappa shape index (κ1) is 16.5. The molecule has 0 aromatic heterocycles. The fraction of sp³-hybridized carbons (Fsp3) is 0.588. The van der Waals surface area contributed by atoms with Crippen LogP contribution in [-0.2, 0) is 4.74 Å². The Morgan fingerprint density at radius 3 is 2.50 bits per heavy atom. The zero-order valence-corrected chi connectivity index (χ0v) is 14.1. The van der Waals surface area contributed by atoms with E-state index in [2.05, 4.69) is 33.7 Å². The van der Waals surface area contributed by atoms with E-state index in [4.69, 9.17) is 4.74 Å². The Balaban J connectivity index is 1.75. The van der Waals surface area contributed by atoms with E-state index in [1.165, 1.54) is 5.69 Å². The summed E-state index contributed by atoms with van der Waals surface area (Å²) in [6.07, 6.45) is 1.52. The third-order valence-corrected chi connectivity index (χ3v) is 3.59. The molecular formula is C17H27N3O2. The Hall–Kier alpha value is -1.91. The molecular weight excluding hydrogens is 278 g/mol. The predicted octanol–water partition coefficient (Wildman–Crippen LogP) is 3.22. The third kappa shape index (κ3) is 4.83. The molecule has 1 saturated carbocycles. The highest BCUT2D eigenvalue weighted by molar-refractivity contribution is 5.68. The van der Waals surface area contributed by atoms with Crippen molar-refractivity contribution in [2.24, 2.45) is 0 Å². The minimum Gasteiger partial charge on any atom is -0.444 e. The van der Waals surface area contributed by atoms with Gasteiger partial charge in [-0.1, -0.05) is 6.07 Å². The van der Waals surface area contributed by atoms with Crippen molar-refractivity contribution >= 4 is 17.5 Å². The Morgan fingerprint density at radius 1 is 1.23 bits per heavy atom. The van der Waals surface area contributed by atoms with Gasteiger partial charge in [0.15, 0.2) is 0 Å². The minimum atomic E-state index is -0.446. The molecule has 5 nitrogen and oxygen atoms in total. The van der Waals surface area contributed by atoms with Crippen LogP contribution < -0.4 is 15.5 Å². The molecule has 0 bridgehead atoms. The van der Waals surface area contributed by atoms with Crippen molar-refractivity contribution < 1.29 is 9.53 Å². The molecule has 1 aliphatic carbocycles. The quantitative estimate of drug-likeness (QED) is 0.897. The maximum Gasteiger partial charge on any atom is 0.407 e. The summed E-state index contributed by atoms with van der Waals surface area (Å²) >= 11 is 0. The monoisotopic (exact) mass is 305 g/mol. The summed E-state index contributed by atoms with van der Waals surface area (Å²) in [5, 5.41) is 6.42. The van der Waals surface area contributed by atoms with Crippen LogP contribution in [0.4, 0.5) is 16.2 Å². The first-order chi connectivity index (χ1) is 10.2. The molecule has 2 rings (SSSR count). The molecule has 0 unspecified atom stereocenters. The molecule has 0 aliphatic heterocycles. The molecule has 1 aromatic rings. The van der Waals surface area contributed by atoms with Crippen molar-refractivity contribution in [2.75, 3.05) is 24.3 Å². The van der Waals surface area contributed by atoms with Gasteiger partial charge >= 0.3 is 6.09 Å². The number of anilines is 2. The number of alkyl carbamates (subject to hydrolysis) is 1. The van der Waals surface area contributed by atoms with Crippen LogP contribution in [0.25, 0.3) is 0 Å². The molecule has 0 atom stereocenters. The summed E-state index contributed by atoms with van der Waals surface area (Å²) in [4.78, 5) is 13.8. The molecule has 1 amide bonds. The van der Waals surface area contributed by atoms with E-state index < -0.39 is 5.60 Å². The largest absolute Gasteiger partial charge is 0.444 e. The topological polar surface area (TPSA) is 53.6 Å². The smallest absolute Gasteiger partial charge is 0.407 e. The first-order valence-electron chi connectivity index (χ1n) is 7.76. The number of nitrogens with one attached hydrogen (secondary N) is 2. The second kappa shape index (κ2) is 6.46. The van der Waals surface area contributed by atoms with E-state index in [9.17, 15) is 4.79 Å². The van der Waals surface area contributed by atoms with E-state index in [0.717, 1.165) is 18.5 Å². The summed E-state index contributed by atoms with van der Waals surface area (Å²) in [6.45, 7) is 5.61. The Bertz CT molecular complexity index is 517. The standard InChI is InChI=1S/C17H27N3O2/c1-17(2,3)22-16(21)19-14-9-13(10-14)18-12-7-6-8-15(11-12)20(4)5/h6-8,11,13-14,18H,9-10H2,1-5H3,(H,19,21). The van der Waals surface area contributed by atoms with Crippen molar-refractivity contribution in [3.63, 3.8) is 0 Å². The first-order valence-corrected chi connectivity index (χ1v) is 7.76. The minimum absolute atomic E-state index is 0.199. The van der Waals surface area contributed by atoms with Gasteiger partial charge in [-0.2, -0.15) is 0 Å². The SMILES string of the molecule is CN(C)c1cccc(NC2CC(NC(=O)OC(C)(C)C)C2)c1. The van der Waals surface area contributed by atoms with Gasteiger partial charge in [-0.15, -0.1) is 0 Å². The normalized spacial score (nSPS) is 20.8. The number of amides is 1. The second-order valence-electron chi connectivity index (χ2n) is 7.10. The number of hydrogen-bond acceptors (Lipinski definition) is 4. The second-order valence-corrected chi connectivity index (χ2v) is 7.10. The molecule has 22 heavy (non-hydrogen) atoms. The van der Waals surface area contributed by atoms with Gasteiger partial charge in [0.1, 0.15) is 5.60 Å². The third-order valence-electron chi connectivity index (χ3n) is 3.59. The maximum absolute atomic E-state index is 11.7. The molecule has 0 saturated heterocycles. The molecule has 1 aliphatic rings. The van der Waals surface area contributed by atoms with Crippen LogP contribution in [0.2, 0.25) is 0 Å². The number of nitrogens with zero attached hydrogens (tertiary/aromatic N) is 1. The molecule has 1 aromatic carbocycles. The Labute approximate surface area is 133 Å². The van der Waals surface area contributed by atoms with Gasteiger partial charge in [0.2, 0.25) is 0 Å². The molecule has 2 N–H and O–H groups in total. The predicted molar refractivity (Wildman–Crippen MR) is 90.6 cm³/mol. The fourth-order valence-corrected chi connectivity index (χ4v) is 2.44.